The van der Waals surface area contributed by atoms with E-state index in [1.54, 1.807) is 30.6 Å². The molecule has 14 nitrogen and oxygen atoms in total. The SMILES string of the molecule is Cn1c2ccncc2c2ccc(-c3ccc(OC4CC(Oc5cnc(CCCCCCOc6ccc7c(c6)C(=O)N(C6CCC(=O)NC6=O)C7=O)nc5)C4)nc3)cc21. The quantitative estimate of drug-likeness (QED) is 0.0995. The summed E-state index contributed by atoms with van der Waals surface area (Å²) in [5.74, 6) is 0.373. The number of unbranched alkanes of at least 4 members (excludes halogenated alkanes) is 3. The van der Waals surface area contributed by atoms with Crippen LogP contribution in [-0.4, -0.2) is 77.9 Å². The number of benzene rings is 2. The number of rotatable bonds is 14. The number of nitrogens with one attached hydrogen (secondary N) is 1. The van der Waals surface area contributed by atoms with Crippen LogP contribution < -0.4 is 19.5 Å². The summed E-state index contributed by atoms with van der Waals surface area (Å²) in [5, 5.41) is 4.53. The van der Waals surface area contributed by atoms with Crippen molar-refractivity contribution in [1.82, 2.24) is 34.7 Å². The zero-order valence-electron chi connectivity index (χ0n) is 31.9. The maximum Gasteiger partial charge on any atom is 0.262 e. The Kier molecular flexibility index (Phi) is 9.98. The van der Waals surface area contributed by atoms with Crippen molar-refractivity contribution < 1.29 is 33.4 Å². The second-order valence-electron chi connectivity index (χ2n) is 15.0. The second kappa shape index (κ2) is 15.7. The molecule has 3 aliphatic rings. The Hall–Kier alpha value is -6.70. The van der Waals surface area contributed by atoms with Crippen LogP contribution in [0.1, 0.15) is 77.9 Å². The number of aromatic nitrogens is 5. The third-order valence-corrected chi connectivity index (χ3v) is 11.2. The van der Waals surface area contributed by atoms with Crippen molar-refractivity contribution in [1.29, 1.82) is 0 Å². The topological polar surface area (TPSA) is 168 Å². The number of nitrogens with zero attached hydrogens (tertiary/aromatic N) is 6. The number of carbonyl (C=O) groups excluding carboxylic acids is 4. The molecule has 6 heterocycles. The molecule has 14 heteroatoms. The van der Waals surface area contributed by atoms with Gasteiger partial charge >= 0.3 is 0 Å². The molecule has 294 valence electrons. The molecule has 4 amide bonds. The maximum absolute atomic E-state index is 13.0. The molecule has 2 fully saturated rings. The summed E-state index contributed by atoms with van der Waals surface area (Å²) in [6.45, 7) is 0.457. The molecule has 0 bridgehead atoms. The summed E-state index contributed by atoms with van der Waals surface area (Å²) in [4.78, 5) is 68.6. The van der Waals surface area contributed by atoms with Gasteiger partial charge in [-0.1, -0.05) is 25.0 Å². The minimum absolute atomic E-state index is 0.0378. The smallest absolute Gasteiger partial charge is 0.262 e. The first-order valence-corrected chi connectivity index (χ1v) is 19.7. The number of imide groups is 2. The molecule has 2 aromatic carbocycles. The molecule has 1 unspecified atom stereocenters. The van der Waals surface area contributed by atoms with E-state index >= 15 is 0 Å². The number of aryl methyl sites for hydroxylation is 2. The van der Waals surface area contributed by atoms with E-state index in [4.69, 9.17) is 14.2 Å². The second-order valence-corrected chi connectivity index (χ2v) is 15.0. The highest BCUT2D eigenvalue weighted by molar-refractivity contribution is 6.23. The van der Waals surface area contributed by atoms with Crippen LogP contribution in [0.15, 0.2) is 85.6 Å². The van der Waals surface area contributed by atoms with Gasteiger partial charge in [-0.25, -0.2) is 15.0 Å². The number of fused-ring (bicyclic) bond motifs is 4. The van der Waals surface area contributed by atoms with Crippen LogP contribution in [0.3, 0.4) is 0 Å². The van der Waals surface area contributed by atoms with Gasteiger partial charge in [-0.2, -0.15) is 0 Å². The lowest BCUT2D eigenvalue weighted by Crippen LogP contribution is -2.54. The van der Waals surface area contributed by atoms with Gasteiger partial charge in [0.2, 0.25) is 17.7 Å². The van der Waals surface area contributed by atoms with E-state index in [2.05, 4.69) is 55.1 Å². The molecule has 2 aliphatic heterocycles. The molecule has 0 radical (unpaired) electrons. The van der Waals surface area contributed by atoms with Gasteiger partial charge in [-0.05, 0) is 61.2 Å². The van der Waals surface area contributed by atoms with Gasteiger partial charge in [0.25, 0.3) is 11.8 Å². The fourth-order valence-electron chi connectivity index (χ4n) is 7.93. The molecular weight excluding hydrogens is 739 g/mol. The average molecular weight is 780 g/mol. The Morgan fingerprint density at radius 2 is 1.52 bits per heavy atom. The van der Waals surface area contributed by atoms with Crippen LogP contribution >= 0.6 is 0 Å². The van der Waals surface area contributed by atoms with Gasteiger partial charge in [-0.3, -0.25) is 34.4 Å². The van der Waals surface area contributed by atoms with Crippen LogP contribution in [0.5, 0.6) is 17.4 Å². The monoisotopic (exact) mass is 779 g/mol. The lowest BCUT2D eigenvalue weighted by molar-refractivity contribution is -0.136. The number of amides is 4. The van der Waals surface area contributed by atoms with Gasteiger partial charge in [0.05, 0.1) is 35.6 Å². The standard InChI is InChI=1S/C44H41N7O7/c1-50-36-15-16-45-25-35(36)32-10-7-26(18-38(32)50)27-8-14-41(48-22-27)58-30-19-29(20-30)57-31-23-46-39(47-24-31)6-4-2-3-5-17-56-28-9-11-33-34(21-28)44(55)51(43(33)54)37-12-13-40(52)49-42(37)53/h7-11,14-16,18,21-25,29-30,37H,2-6,12-13,17,19-20H2,1H3,(H,49,52,53). The molecule has 1 saturated heterocycles. The van der Waals surface area contributed by atoms with Gasteiger partial charge in [0, 0.05) is 79.2 Å². The van der Waals surface area contributed by atoms with Crippen LogP contribution in [0.2, 0.25) is 0 Å². The van der Waals surface area contributed by atoms with Crippen LogP contribution in [0.4, 0.5) is 0 Å². The summed E-state index contributed by atoms with van der Waals surface area (Å²) in [7, 11) is 2.08. The molecule has 1 N–H and O–H groups in total. The predicted octanol–water partition coefficient (Wildman–Crippen LogP) is 6.15. The molecule has 1 atom stereocenters. The predicted molar refractivity (Wildman–Crippen MR) is 212 cm³/mol. The van der Waals surface area contributed by atoms with E-state index in [0.717, 1.165) is 83.2 Å². The molecule has 4 aromatic heterocycles. The van der Waals surface area contributed by atoms with Crippen molar-refractivity contribution in [2.45, 2.75) is 76.0 Å². The van der Waals surface area contributed by atoms with Crippen molar-refractivity contribution >= 4 is 45.4 Å². The minimum atomic E-state index is -0.994. The van der Waals surface area contributed by atoms with Crippen LogP contribution in [0.25, 0.3) is 32.9 Å². The zero-order valence-corrected chi connectivity index (χ0v) is 31.9. The fraction of sp³-hybridized carbons (Fsp3) is 0.318. The summed E-state index contributed by atoms with van der Waals surface area (Å²) in [6.07, 6.45) is 15.3. The van der Waals surface area contributed by atoms with E-state index in [1.807, 2.05) is 36.8 Å². The highest BCUT2D eigenvalue weighted by atomic mass is 16.5. The van der Waals surface area contributed by atoms with Gasteiger partial charge < -0.3 is 18.8 Å². The van der Waals surface area contributed by atoms with Crippen molar-refractivity contribution in [2.75, 3.05) is 6.61 Å². The van der Waals surface area contributed by atoms with E-state index in [1.165, 1.54) is 5.39 Å². The molecule has 9 rings (SSSR count). The number of carbonyl (C=O) groups is 4. The fourth-order valence-corrected chi connectivity index (χ4v) is 7.93. The van der Waals surface area contributed by atoms with Crippen molar-refractivity contribution in [3.63, 3.8) is 0 Å². The van der Waals surface area contributed by atoms with Crippen LogP contribution in [-0.2, 0) is 23.1 Å². The summed E-state index contributed by atoms with van der Waals surface area (Å²) >= 11 is 0. The van der Waals surface area contributed by atoms with E-state index in [-0.39, 0.29) is 36.2 Å². The van der Waals surface area contributed by atoms with E-state index in [0.29, 0.717) is 24.0 Å². The Labute approximate surface area is 333 Å². The van der Waals surface area contributed by atoms with E-state index < -0.39 is 29.7 Å². The minimum Gasteiger partial charge on any atom is -0.494 e. The number of ether oxygens (including phenoxy) is 3. The molecular formula is C44H41N7O7. The highest BCUT2D eigenvalue weighted by Gasteiger charge is 2.44. The highest BCUT2D eigenvalue weighted by Crippen LogP contribution is 2.34. The first-order chi connectivity index (χ1) is 28.3. The summed E-state index contributed by atoms with van der Waals surface area (Å²) < 4.78 is 20.3. The Bertz CT molecular complexity index is 2550. The first kappa shape index (κ1) is 36.9. The Morgan fingerprint density at radius 1 is 0.724 bits per heavy atom. The molecule has 6 aromatic rings. The Balaban J connectivity index is 0.664. The number of hydrogen-bond donors (Lipinski definition) is 1. The van der Waals surface area contributed by atoms with Crippen molar-refractivity contribution in [3.05, 3.63) is 103 Å². The van der Waals surface area contributed by atoms with Crippen molar-refractivity contribution in [2.24, 2.45) is 7.05 Å². The molecule has 1 saturated carbocycles. The summed E-state index contributed by atoms with van der Waals surface area (Å²) in [5.41, 5.74) is 4.86. The maximum atomic E-state index is 13.0. The first-order valence-electron chi connectivity index (χ1n) is 19.7. The van der Waals surface area contributed by atoms with E-state index in [9.17, 15) is 19.2 Å². The molecule has 1 aliphatic carbocycles. The average Bonchev–Trinajstić information content (AvgIpc) is 3.65. The lowest BCUT2D eigenvalue weighted by atomic mass is 9.92. The largest absolute Gasteiger partial charge is 0.494 e. The van der Waals surface area contributed by atoms with Crippen LogP contribution in [0, 0.1) is 0 Å². The Morgan fingerprint density at radius 3 is 2.33 bits per heavy atom. The third kappa shape index (κ3) is 7.33. The van der Waals surface area contributed by atoms with Gasteiger partial charge in [-0.15, -0.1) is 0 Å². The van der Waals surface area contributed by atoms with Crippen molar-refractivity contribution in [3.8, 4) is 28.5 Å². The zero-order chi connectivity index (χ0) is 39.8. The normalized spacial score (nSPS) is 19.0. The molecule has 58 heavy (non-hydrogen) atoms. The third-order valence-electron chi connectivity index (χ3n) is 11.2. The lowest BCUT2D eigenvalue weighted by Gasteiger charge is -2.34. The number of hydrogen-bond acceptors (Lipinski definition) is 11. The number of piperidine rings is 1. The summed E-state index contributed by atoms with van der Waals surface area (Å²) in [6, 6.07) is 16.2. The van der Waals surface area contributed by atoms with Gasteiger partial charge in [0.1, 0.15) is 29.8 Å². The number of pyridine rings is 2. The van der Waals surface area contributed by atoms with Gasteiger partial charge in [0.15, 0.2) is 5.75 Å². The molecule has 0 spiro atoms.